The van der Waals surface area contributed by atoms with Gasteiger partial charge in [0.15, 0.2) is 9.84 Å². The van der Waals surface area contributed by atoms with Gasteiger partial charge in [0.25, 0.3) is 5.56 Å². The standard InChI is InChI=1S/C19H22FN3O4S/c20-13-5-6-16-17(9-13)21-12-22(19(16)25)10-18(24)23(14-3-1-2-4-14)15-7-8-28(26,27)11-15/h5-6,9,12,14-15H,1-4,7-8,10-11H2. The number of amides is 1. The van der Waals surface area contributed by atoms with E-state index < -0.39 is 21.2 Å². The molecular weight excluding hydrogens is 385 g/mol. The SMILES string of the molecule is O=C(Cn1cnc2cc(F)ccc2c1=O)N(C1CCCC1)C1CCS(=O)(=O)C1. The van der Waals surface area contributed by atoms with Crippen molar-refractivity contribution >= 4 is 26.6 Å². The van der Waals surface area contributed by atoms with E-state index in [2.05, 4.69) is 4.98 Å². The lowest BCUT2D eigenvalue weighted by Gasteiger charge is -2.34. The number of rotatable bonds is 4. The maximum Gasteiger partial charge on any atom is 0.261 e. The van der Waals surface area contributed by atoms with E-state index in [0.29, 0.717) is 6.42 Å². The molecule has 7 nitrogen and oxygen atoms in total. The molecule has 4 rings (SSSR count). The fourth-order valence-electron chi connectivity index (χ4n) is 4.35. The van der Waals surface area contributed by atoms with E-state index in [9.17, 15) is 22.4 Å². The molecule has 2 fully saturated rings. The van der Waals surface area contributed by atoms with Crippen LogP contribution in [0.4, 0.5) is 4.39 Å². The van der Waals surface area contributed by atoms with Crippen molar-refractivity contribution in [1.82, 2.24) is 14.5 Å². The maximum atomic E-state index is 13.3. The minimum Gasteiger partial charge on any atom is -0.334 e. The van der Waals surface area contributed by atoms with Crippen molar-refractivity contribution in [1.29, 1.82) is 0 Å². The zero-order valence-corrected chi connectivity index (χ0v) is 16.2. The number of halogens is 1. The van der Waals surface area contributed by atoms with E-state index in [1.807, 2.05) is 0 Å². The Labute approximate surface area is 162 Å². The molecule has 1 aromatic carbocycles. The van der Waals surface area contributed by atoms with Gasteiger partial charge < -0.3 is 4.90 Å². The summed E-state index contributed by atoms with van der Waals surface area (Å²) in [7, 11) is -3.13. The first-order chi connectivity index (χ1) is 13.3. The third kappa shape index (κ3) is 3.67. The number of benzene rings is 1. The third-order valence-corrected chi connectivity index (χ3v) is 7.45. The van der Waals surface area contributed by atoms with E-state index >= 15 is 0 Å². The summed E-state index contributed by atoms with van der Waals surface area (Å²) in [6, 6.07) is 3.41. The Morgan fingerprint density at radius 3 is 2.64 bits per heavy atom. The fraction of sp³-hybridized carbons (Fsp3) is 0.526. The molecule has 0 radical (unpaired) electrons. The zero-order valence-electron chi connectivity index (χ0n) is 15.4. The summed E-state index contributed by atoms with van der Waals surface area (Å²) in [4.78, 5) is 31.6. The number of carbonyl (C=O) groups excluding carboxylic acids is 1. The molecule has 1 saturated carbocycles. The normalized spacial score (nSPS) is 22.0. The van der Waals surface area contributed by atoms with Gasteiger partial charge >= 0.3 is 0 Å². The van der Waals surface area contributed by atoms with E-state index in [4.69, 9.17) is 0 Å². The summed E-state index contributed by atoms with van der Waals surface area (Å²) in [5, 5.41) is 0.243. The first kappa shape index (κ1) is 19.0. The van der Waals surface area contributed by atoms with E-state index in [-0.39, 0.29) is 46.9 Å². The number of hydrogen-bond acceptors (Lipinski definition) is 5. The van der Waals surface area contributed by atoms with Crippen LogP contribution in [0.25, 0.3) is 10.9 Å². The Morgan fingerprint density at radius 1 is 1.21 bits per heavy atom. The predicted molar refractivity (Wildman–Crippen MR) is 102 cm³/mol. The summed E-state index contributed by atoms with van der Waals surface area (Å²) < 4.78 is 38.4. The highest BCUT2D eigenvalue weighted by Crippen LogP contribution is 2.29. The Balaban J connectivity index is 1.62. The monoisotopic (exact) mass is 407 g/mol. The number of carbonyl (C=O) groups is 1. The van der Waals surface area contributed by atoms with Crippen LogP contribution in [0.1, 0.15) is 32.1 Å². The van der Waals surface area contributed by atoms with E-state index in [0.717, 1.165) is 25.7 Å². The van der Waals surface area contributed by atoms with Gasteiger partial charge in [0, 0.05) is 18.2 Å². The highest BCUT2D eigenvalue weighted by Gasteiger charge is 2.39. The number of nitrogens with zero attached hydrogens (tertiary/aromatic N) is 3. The Hall–Kier alpha value is -2.29. The highest BCUT2D eigenvalue weighted by molar-refractivity contribution is 7.91. The third-order valence-electron chi connectivity index (χ3n) is 5.70. The first-order valence-corrected chi connectivity index (χ1v) is 11.3. The quantitative estimate of drug-likeness (QED) is 0.766. The molecule has 1 aromatic heterocycles. The van der Waals surface area contributed by atoms with Gasteiger partial charge in [0.1, 0.15) is 12.4 Å². The summed E-state index contributed by atoms with van der Waals surface area (Å²) in [5.74, 6) is -0.668. The van der Waals surface area contributed by atoms with Crippen molar-refractivity contribution in [3.63, 3.8) is 0 Å². The molecule has 0 N–H and O–H groups in total. The van der Waals surface area contributed by atoms with Gasteiger partial charge in [-0.1, -0.05) is 12.8 Å². The molecule has 0 bridgehead atoms. The molecular formula is C19H22FN3O4S. The van der Waals surface area contributed by atoms with Crippen LogP contribution >= 0.6 is 0 Å². The molecule has 2 aliphatic rings. The van der Waals surface area contributed by atoms with Crippen molar-refractivity contribution in [3.05, 3.63) is 40.7 Å². The van der Waals surface area contributed by atoms with Crippen molar-refractivity contribution < 1.29 is 17.6 Å². The molecule has 1 atom stereocenters. The van der Waals surface area contributed by atoms with Crippen molar-refractivity contribution in [2.24, 2.45) is 0 Å². The minimum absolute atomic E-state index is 0.0145. The summed E-state index contributed by atoms with van der Waals surface area (Å²) >= 11 is 0. The molecule has 0 spiro atoms. The molecule has 1 unspecified atom stereocenters. The average Bonchev–Trinajstić information content (AvgIpc) is 3.28. The molecule has 28 heavy (non-hydrogen) atoms. The second-order valence-corrected chi connectivity index (χ2v) is 9.86. The maximum absolute atomic E-state index is 13.3. The van der Waals surface area contributed by atoms with E-state index in [1.165, 1.54) is 29.1 Å². The molecule has 2 heterocycles. The summed E-state index contributed by atoms with van der Waals surface area (Å²) in [5.41, 5.74) is -0.174. The lowest BCUT2D eigenvalue weighted by atomic mass is 10.1. The molecule has 1 saturated heterocycles. The van der Waals surface area contributed by atoms with Gasteiger partial charge in [-0.05, 0) is 31.4 Å². The number of sulfone groups is 1. The zero-order chi connectivity index (χ0) is 19.9. The van der Waals surface area contributed by atoms with Crippen LogP contribution in [-0.2, 0) is 21.2 Å². The predicted octanol–water partition coefficient (Wildman–Crippen LogP) is 1.49. The van der Waals surface area contributed by atoms with Gasteiger partial charge in [-0.3, -0.25) is 14.2 Å². The molecule has 1 aliphatic heterocycles. The number of aromatic nitrogens is 2. The van der Waals surface area contributed by atoms with Crippen LogP contribution in [0.3, 0.4) is 0 Å². The fourth-order valence-corrected chi connectivity index (χ4v) is 6.07. The second-order valence-electron chi connectivity index (χ2n) is 7.64. The minimum atomic E-state index is -3.13. The van der Waals surface area contributed by atoms with Crippen molar-refractivity contribution in [2.45, 2.75) is 50.7 Å². The molecule has 1 amide bonds. The molecule has 9 heteroatoms. The highest BCUT2D eigenvalue weighted by atomic mass is 32.2. The topological polar surface area (TPSA) is 89.3 Å². The molecule has 150 valence electrons. The van der Waals surface area contributed by atoms with Crippen molar-refractivity contribution in [2.75, 3.05) is 11.5 Å². The number of fused-ring (bicyclic) bond motifs is 1. The second kappa shape index (κ2) is 7.27. The van der Waals surface area contributed by atoms with Gasteiger partial charge in [-0.2, -0.15) is 0 Å². The van der Waals surface area contributed by atoms with Crippen LogP contribution in [0, 0.1) is 5.82 Å². The number of hydrogen-bond donors (Lipinski definition) is 0. The molecule has 2 aromatic rings. The Kier molecular flexibility index (Phi) is 4.95. The van der Waals surface area contributed by atoms with Gasteiger partial charge in [0.05, 0.1) is 28.7 Å². The smallest absolute Gasteiger partial charge is 0.261 e. The van der Waals surface area contributed by atoms with Crippen molar-refractivity contribution in [3.8, 4) is 0 Å². The molecule has 1 aliphatic carbocycles. The lowest BCUT2D eigenvalue weighted by molar-refractivity contribution is -0.136. The van der Waals surface area contributed by atoms with Crippen LogP contribution in [0.5, 0.6) is 0 Å². The van der Waals surface area contributed by atoms with E-state index in [1.54, 1.807) is 4.90 Å². The lowest BCUT2D eigenvalue weighted by Crippen LogP contribution is -2.49. The average molecular weight is 407 g/mol. The summed E-state index contributed by atoms with van der Waals surface area (Å²) in [6.07, 6.45) is 5.42. The Morgan fingerprint density at radius 2 is 1.96 bits per heavy atom. The van der Waals surface area contributed by atoms with Crippen LogP contribution in [0.15, 0.2) is 29.3 Å². The first-order valence-electron chi connectivity index (χ1n) is 9.50. The van der Waals surface area contributed by atoms with Crippen LogP contribution < -0.4 is 5.56 Å². The Bertz CT molecular complexity index is 1080. The van der Waals surface area contributed by atoms with Crippen LogP contribution in [0.2, 0.25) is 0 Å². The van der Waals surface area contributed by atoms with Gasteiger partial charge in [0.2, 0.25) is 5.91 Å². The summed E-state index contributed by atoms with van der Waals surface area (Å²) in [6.45, 7) is -0.202. The largest absolute Gasteiger partial charge is 0.334 e. The van der Waals surface area contributed by atoms with Crippen LogP contribution in [-0.4, -0.2) is 52.4 Å². The van der Waals surface area contributed by atoms with Gasteiger partial charge in [-0.25, -0.2) is 17.8 Å². The van der Waals surface area contributed by atoms with Gasteiger partial charge in [-0.15, -0.1) is 0 Å².